The molecule has 0 saturated carbocycles. The summed E-state index contributed by atoms with van der Waals surface area (Å²) in [5.74, 6) is -0.0311. The van der Waals surface area contributed by atoms with Gasteiger partial charge in [0.25, 0.3) is 5.95 Å². The SMILES string of the molecule is CO/C(O)=C\CC(CCc1ccccc1)(Sc1ccccc1)Sc1ccccc1. The lowest BCUT2D eigenvalue weighted by Gasteiger charge is -2.32. The Hall–Kier alpha value is -2.30. The summed E-state index contributed by atoms with van der Waals surface area (Å²) in [7, 11) is 1.49. The molecule has 3 aromatic carbocycles. The number of aliphatic hydroxyl groups is 1. The fourth-order valence-electron chi connectivity index (χ4n) is 3.02. The second-order valence-electron chi connectivity index (χ2n) is 6.68. The van der Waals surface area contributed by atoms with Crippen LogP contribution in [-0.2, 0) is 11.2 Å². The van der Waals surface area contributed by atoms with Crippen molar-refractivity contribution >= 4 is 23.5 Å². The molecule has 3 rings (SSSR count). The molecule has 3 aromatic rings. The fourth-order valence-corrected chi connectivity index (χ4v) is 5.95. The van der Waals surface area contributed by atoms with Crippen LogP contribution in [0, 0.1) is 0 Å². The van der Waals surface area contributed by atoms with Crippen LogP contribution in [0.2, 0.25) is 0 Å². The van der Waals surface area contributed by atoms with Crippen molar-refractivity contribution in [2.24, 2.45) is 0 Å². The van der Waals surface area contributed by atoms with Crippen LogP contribution >= 0.6 is 23.5 Å². The number of allylic oxidation sites excluding steroid dienone is 1. The number of rotatable bonds is 10. The number of methoxy groups -OCH3 is 1. The average molecular weight is 423 g/mol. The fraction of sp³-hybridized carbons (Fsp3) is 0.200. The molecular formula is C25H26O2S2. The lowest BCUT2D eigenvalue weighted by Crippen LogP contribution is -2.21. The number of aliphatic hydroxyl groups excluding tert-OH is 1. The lowest BCUT2D eigenvalue weighted by atomic mass is 10.1. The molecule has 0 radical (unpaired) electrons. The van der Waals surface area contributed by atoms with Crippen LogP contribution < -0.4 is 0 Å². The van der Waals surface area contributed by atoms with E-state index in [2.05, 4.69) is 72.8 Å². The van der Waals surface area contributed by atoms with Crippen molar-refractivity contribution < 1.29 is 9.84 Å². The molecule has 0 spiro atoms. The summed E-state index contributed by atoms with van der Waals surface area (Å²) in [5.41, 5.74) is 1.32. The molecule has 0 aliphatic carbocycles. The van der Waals surface area contributed by atoms with Crippen molar-refractivity contribution in [3.05, 3.63) is 109 Å². The van der Waals surface area contributed by atoms with Gasteiger partial charge in [0.15, 0.2) is 0 Å². The average Bonchev–Trinajstić information content (AvgIpc) is 2.78. The van der Waals surface area contributed by atoms with Gasteiger partial charge in [0.2, 0.25) is 0 Å². The third-order valence-electron chi connectivity index (χ3n) is 4.53. The van der Waals surface area contributed by atoms with Crippen LogP contribution in [0.1, 0.15) is 18.4 Å². The second-order valence-corrected chi connectivity index (χ2v) is 9.85. The number of hydrogen-bond donors (Lipinski definition) is 1. The van der Waals surface area contributed by atoms with Gasteiger partial charge in [-0.3, -0.25) is 0 Å². The first-order valence-electron chi connectivity index (χ1n) is 9.64. The number of thioether (sulfide) groups is 2. The Morgan fingerprint density at radius 3 is 1.79 bits per heavy atom. The van der Waals surface area contributed by atoms with Gasteiger partial charge < -0.3 is 9.84 Å². The molecule has 0 heterocycles. The monoisotopic (exact) mass is 422 g/mol. The largest absolute Gasteiger partial charge is 0.481 e. The Bertz CT molecular complexity index is 839. The van der Waals surface area contributed by atoms with Gasteiger partial charge in [-0.1, -0.05) is 66.7 Å². The highest BCUT2D eigenvalue weighted by atomic mass is 32.2. The molecule has 0 amide bonds. The van der Waals surface area contributed by atoms with Crippen LogP contribution in [0.5, 0.6) is 0 Å². The van der Waals surface area contributed by atoms with E-state index in [0.717, 1.165) is 12.8 Å². The zero-order chi connectivity index (χ0) is 20.4. The van der Waals surface area contributed by atoms with E-state index in [4.69, 9.17) is 4.74 Å². The van der Waals surface area contributed by atoms with E-state index < -0.39 is 0 Å². The summed E-state index contributed by atoms with van der Waals surface area (Å²) in [6.07, 6.45) is 4.38. The highest BCUT2D eigenvalue weighted by Gasteiger charge is 2.32. The molecule has 2 nitrogen and oxygen atoms in total. The number of benzene rings is 3. The molecule has 150 valence electrons. The van der Waals surface area contributed by atoms with Gasteiger partial charge in [-0.2, -0.15) is 0 Å². The predicted molar refractivity (Wildman–Crippen MR) is 124 cm³/mol. The van der Waals surface area contributed by atoms with Crippen molar-refractivity contribution in [3.8, 4) is 0 Å². The van der Waals surface area contributed by atoms with Gasteiger partial charge in [0, 0.05) is 9.79 Å². The molecule has 1 N–H and O–H groups in total. The van der Waals surface area contributed by atoms with E-state index in [0.29, 0.717) is 6.42 Å². The summed E-state index contributed by atoms with van der Waals surface area (Å²) in [6.45, 7) is 0. The molecule has 0 aliphatic heterocycles. The van der Waals surface area contributed by atoms with Crippen LogP contribution in [-0.4, -0.2) is 16.3 Å². The van der Waals surface area contributed by atoms with Crippen molar-refractivity contribution in [2.75, 3.05) is 7.11 Å². The van der Waals surface area contributed by atoms with Crippen LogP contribution in [0.25, 0.3) is 0 Å². The predicted octanol–water partition coefficient (Wildman–Crippen LogP) is 7.34. The maximum atomic E-state index is 9.96. The molecule has 29 heavy (non-hydrogen) atoms. The van der Waals surface area contributed by atoms with Crippen molar-refractivity contribution in [2.45, 2.75) is 33.1 Å². The molecule has 0 aliphatic rings. The highest BCUT2D eigenvalue weighted by Crippen LogP contribution is 2.51. The van der Waals surface area contributed by atoms with Crippen molar-refractivity contribution in [3.63, 3.8) is 0 Å². The van der Waals surface area contributed by atoms with Gasteiger partial charge >= 0.3 is 0 Å². The summed E-state index contributed by atoms with van der Waals surface area (Å²) in [6, 6.07) is 31.5. The minimum Gasteiger partial charge on any atom is -0.481 e. The first-order valence-corrected chi connectivity index (χ1v) is 11.3. The van der Waals surface area contributed by atoms with Gasteiger partial charge in [-0.05, 0) is 55.2 Å². The zero-order valence-corrected chi connectivity index (χ0v) is 18.2. The molecule has 0 fully saturated rings. The zero-order valence-electron chi connectivity index (χ0n) is 16.5. The molecule has 0 unspecified atom stereocenters. The maximum absolute atomic E-state index is 9.96. The first kappa shape index (κ1) is 21.4. The molecule has 0 aromatic heterocycles. The van der Waals surface area contributed by atoms with Crippen molar-refractivity contribution in [1.82, 2.24) is 0 Å². The topological polar surface area (TPSA) is 29.5 Å². The van der Waals surface area contributed by atoms with E-state index in [1.807, 2.05) is 41.7 Å². The van der Waals surface area contributed by atoms with E-state index >= 15 is 0 Å². The number of ether oxygens (including phenoxy) is 1. The first-order chi connectivity index (χ1) is 14.2. The quantitative estimate of drug-likeness (QED) is 0.210. The Morgan fingerprint density at radius 2 is 1.31 bits per heavy atom. The minimum absolute atomic E-state index is 0.0311. The Labute approximate surface area is 182 Å². The minimum atomic E-state index is -0.189. The van der Waals surface area contributed by atoms with E-state index in [1.54, 1.807) is 6.08 Å². The van der Waals surface area contributed by atoms with Gasteiger partial charge in [0.1, 0.15) is 0 Å². The smallest absolute Gasteiger partial charge is 0.272 e. The molecule has 0 bridgehead atoms. The summed E-state index contributed by atoms with van der Waals surface area (Å²) in [5, 5.41) is 9.96. The molecule has 0 saturated heterocycles. The highest BCUT2D eigenvalue weighted by molar-refractivity contribution is 8.18. The van der Waals surface area contributed by atoms with E-state index in [1.165, 1.54) is 22.5 Å². The van der Waals surface area contributed by atoms with Gasteiger partial charge in [0.05, 0.1) is 11.2 Å². The number of aryl methyl sites for hydroxylation is 1. The van der Waals surface area contributed by atoms with Gasteiger partial charge in [-0.25, -0.2) is 0 Å². The van der Waals surface area contributed by atoms with Gasteiger partial charge in [-0.15, -0.1) is 23.5 Å². The normalized spacial score (nSPS) is 12.0. The Kier molecular flexibility index (Phi) is 8.14. The molecule has 4 heteroatoms. The van der Waals surface area contributed by atoms with Crippen molar-refractivity contribution in [1.29, 1.82) is 0 Å². The third-order valence-corrected chi connectivity index (χ3v) is 7.53. The van der Waals surface area contributed by atoms with E-state index in [9.17, 15) is 5.11 Å². The Morgan fingerprint density at radius 1 is 0.828 bits per heavy atom. The summed E-state index contributed by atoms with van der Waals surface area (Å²) < 4.78 is 4.82. The number of hydrogen-bond acceptors (Lipinski definition) is 4. The van der Waals surface area contributed by atoms with Crippen LogP contribution in [0.15, 0.2) is 113 Å². The second kappa shape index (κ2) is 11.0. The van der Waals surface area contributed by atoms with E-state index in [-0.39, 0.29) is 10.0 Å². The molecular weight excluding hydrogens is 396 g/mol. The lowest BCUT2D eigenvalue weighted by molar-refractivity contribution is 0.134. The standard InChI is InChI=1S/C25H26O2S2/c1-27-24(26)18-20-25(28-22-13-7-3-8-14-22,29-23-15-9-4-10-16-23)19-17-21-11-5-2-6-12-21/h2-16,18,26H,17,19-20H2,1H3/b24-18-. The van der Waals surface area contributed by atoms with Crippen LogP contribution in [0.4, 0.5) is 0 Å². The maximum Gasteiger partial charge on any atom is 0.272 e. The Balaban J connectivity index is 1.93. The third kappa shape index (κ3) is 6.91. The van der Waals surface area contributed by atoms with Crippen LogP contribution in [0.3, 0.4) is 0 Å². The summed E-state index contributed by atoms with van der Waals surface area (Å²) in [4.78, 5) is 2.43. The molecule has 0 atom stereocenters. The summed E-state index contributed by atoms with van der Waals surface area (Å²) >= 11 is 3.71.